The molecule has 0 fully saturated rings. The number of hydrogen-bond acceptors (Lipinski definition) is 5. The number of nitrogens with zero attached hydrogens (tertiary/aromatic N) is 1. The van der Waals surface area contributed by atoms with Gasteiger partial charge in [-0.3, -0.25) is 14.9 Å². The van der Waals surface area contributed by atoms with Crippen LogP contribution in [-0.4, -0.2) is 22.9 Å². The number of fused-ring (bicyclic) bond motifs is 1. The quantitative estimate of drug-likeness (QED) is 0.665. The van der Waals surface area contributed by atoms with Crippen LogP contribution >= 0.6 is 22.9 Å². The van der Waals surface area contributed by atoms with Gasteiger partial charge in [0.15, 0.2) is 11.2 Å². The fraction of sp³-hybridized carbons (Fsp3) is 0.150. The van der Waals surface area contributed by atoms with Crippen LogP contribution in [0, 0.1) is 0 Å². The minimum atomic E-state index is -0.599. The Balaban J connectivity index is 1.41. The van der Waals surface area contributed by atoms with Crippen molar-refractivity contribution in [1.29, 1.82) is 0 Å². The highest BCUT2D eigenvalue weighted by atomic mass is 35.5. The van der Waals surface area contributed by atoms with Gasteiger partial charge in [-0.05, 0) is 35.9 Å². The maximum Gasteiger partial charge on any atom is 0.267 e. The summed E-state index contributed by atoms with van der Waals surface area (Å²) >= 11 is 7.33. The van der Waals surface area contributed by atoms with Gasteiger partial charge in [-0.2, -0.15) is 0 Å². The second-order valence-corrected chi connectivity index (χ2v) is 7.64. The monoisotopic (exact) mass is 413 g/mol. The van der Waals surface area contributed by atoms with Gasteiger partial charge < -0.3 is 10.1 Å². The molecule has 2 amide bonds. The Kier molecular flexibility index (Phi) is 5.02. The zero-order chi connectivity index (χ0) is 19.7. The molecular formula is C20H16ClN3O3S. The standard InChI is InChI=1S/C20H16ClN3O3S/c1-11(25)22-15-5-2-12(3-6-15)16-10-28-20(23-16)24-19(26)18-9-13-8-14(21)4-7-17(13)27-18/h2-8,10,18H,9H2,1H3,(H,22,25)(H,23,24,26). The number of thiazole rings is 1. The number of nitrogens with one attached hydrogen (secondary N) is 2. The van der Waals surface area contributed by atoms with Crippen LogP contribution in [0.4, 0.5) is 10.8 Å². The first kappa shape index (κ1) is 18.5. The van der Waals surface area contributed by atoms with Gasteiger partial charge in [-0.25, -0.2) is 4.98 Å². The van der Waals surface area contributed by atoms with Gasteiger partial charge in [0.25, 0.3) is 5.91 Å². The van der Waals surface area contributed by atoms with E-state index in [-0.39, 0.29) is 11.8 Å². The van der Waals surface area contributed by atoms with E-state index >= 15 is 0 Å². The van der Waals surface area contributed by atoms with Crippen LogP contribution in [0.25, 0.3) is 11.3 Å². The van der Waals surface area contributed by atoms with Gasteiger partial charge in [0.2, 0.25) is 5.91 Å². The number of ether oxygens (including phenoxy) is 1. The van der Waals surface area contributed by atoms with E-state index in [1.54, 1.807) is 12.1 Å². The third-order valence-electron chi connectivity index (χ3n) is 4.22. The molecule has 0 saturated carbocycles. The molecule has 6 nitrogen and oxygen atoms in total. The van der Waals surface area contributed by atoms with E-state index in [0.29, 0.717) is 22.3 Å². The first-order valence-electron chi connectivity index (χ1n) is 8.57. The van der Waals surface area contributed by atoms with Crippen LogP contribution in [0.2, 0.25) is 5.02 Å². The summed E-state index contributed by atoms with van der Waals surface area (Å²) in [5.41, 5.74) is 3.28. The van der Waals surface area contributed by atoms with E-state index in [4.69, 9.17) is 16.3 Å². The van der Waals surface area contributed by atoms with Crippen LogP contribution in [-0.2, 0) is 16.0 Å². The Bertz CT molecular complexity index is 1050. The van der Waals surface area contributed by atoms with Gasteiger partial charge in [0, 0.05) is 35.0 Å². The molecule has 1 atom stereocenters. The minimum Gasteiger partial charge on any atom is -0.480 e. The Hall–Kier alpha value is -2.90. The summed E-state index contributed by atoms with van der Waals surface area (Å²) in [4.78, 5) is 28.1. The number of anilines is 2. The molecular weight excluding hydrogens is 398 g/mol. The SMILES string of the molecule is CC(=O)Nc1ccc(-c2csc(NC(=O)C3Cc4cc(Cl)ccc4O3)n2)cc1. The molecule has 1 aliphatic heterocycles. The number of carbonyl (C=O) groups excluding carboxylic acids is 2. The number of aromatic nitrogens is 1. The lowest BCUT2D eigenvalue weighted by atomic mass is 10.1. The van der Waals surface area contributed by atoms with Crippen LogP contribution in [0.5, 0.6) is 5.75 Å². The van der Waals surface area contributed by atoms with Crippen molar-refractivity contribution in [3.05, 3.63) is 58.4 Å². The first-order valence-corrected chi connectivity index (χ1v) is 9.83. The van der Waals surface area contributed by atoms with E-state index in [2.05, 4.69) is 15.6 Å². The summed E-state index contributed by atoms with van der Waals surface area (Å²) in [6, 6.07) is 12.7. The van der Waals surface area contributed by atoms with Crippen LogP contribution in [0.3, 0.4) is 0 Å². The van der Waals surface area contributed by atoms with Crippen LogP contribution in [0.15, 0.2) is 47.8 Å². The Morgan fingerprint density at radius 3 is 2.71 bits per heavy atom. The molecule has 3 aromatic rings. The molecule has 1 aromatic heterocycles. The zero-order valence-corrected chi connectivity index (χ0v) is 16.4. The normalized spacial score (nSPS) is 14.9. The molecule has 0 bridgehead atoms. The Labute approximate surface area is 170 Å². The van der Waals surface area contributed by atoms with Crippen molar-refractivity contribution in [2.45, 2.75) is 19.4 Å². The highest BCUT2D eigenvalue weighted by Gasteiger charge is 2.29. The van der Waals surface area contributed by atoms with Crippen molar-refractivity contribution >= 4 is 45.6 Å². The minimum absolute atomic E-state index is 0.120. The summed E-state index contributed by atoms with van der Waals surface area (Å²) < 4.78 is 5.70. The maximum absolute atomic E-state index is 12.5. The number of rotatable bonds is 4. The molecule has 1 aliphatic rings. The lowest BCUT2D eigenvalue weighted by Gasteiger charge is -2.09. The Morgan fingerprint density at radius 1 is 1.18 bits per heavy atom. The second-order valence-electron chi connectivity index (χ2n) is 6.35. The molecule has 0 saturated heterocycles. The smallest absolute Gasteiger partial charge is 0.267 e. The molecule has 1 unspecified atom stereocenters. The predicted octanol–water partition coefficient (Wildman–Crippen LogP) is 4.36. The summed E-state index contributed by atoms with van der Waals surface area (Å²) in [7, 11) is 0. The van der Waals surface area contributed by atoms with Crippen LogP contribution < -0.4 is 15.4 Å². The molecule has 8 heteroatoms. The molecule has 0 aliphatic carbocycles. The lowest BCUT2D eigenvalue weighted by molar-refractivity contribution is -0.122. The van der Waals surface area contributed by atoms with Crippen molar-refractivity contribution in [2.75, 3.05) is 10.6 Å². The van der Waals surface area contributed by atoms with Crippen molar-refractivity contribution in [3.8, 4) is 17.0 Å². The zero-order valence-electron chi connectivity index (χ0n) is 14.9. The van der Waals surface area contributed by atoms with E-state index in [9.17, 15) is 9.59 Å². The van der Waals surface area contributed by atoms with Gasteiger partial charge in [0.1, 0.15) is 5.75 Å². The first-order chi connectivity index (χ1) is 13.5. The highest BCUT2D eigenvalue weighted by Crippen LogP contribution is 2.32. The summed E-state index contributed by atoms with van der Waals surface area (Å²) in [5, 5.41) is 8.53. The highest BCUT2D eigenvalue weighted by molar-refractivity contribution is 7.14. The van der Waals surface area contributed by atoms with Gasteiger partial charge in [0.05, 0.1) is 5.69 Å². The molecule has 2 aromatic carbocycles. The predicted molar refractivity (Wildman–Crippen MR) is 110 cm³/mol. The average Bonchev–Trinajstić information content (AvgIpc) is 3.28. The van der Waals surface area contributed by atoms with E-state index < -0.39 is 6.10 Å². The van der Waals surface area contributed by atoms with E-state index in [1.165, 1.54) is 18.3 Å². The molecule has 4 rings (SSSR count). The second kappa shape index (κ2) is 7.61. The third kappa shape index (κ3) is 4.00. The van der Waals surface area contributed by atoms with Crippen molar-refractivity contribution in [1.82, 2.24) is 4.98 Å². The fourth-order valence-electron chi connectivity index (χ4n) is 2.94. The van der Waals surface area contributed by atoms with E-state index in [1.807, 2.05) is 35.7 Å². The fourth-order valence-corrected chi connectivity index (χ4v) is 3.86. The number of amides is 2. The number of halogens is 1. The summed E-state index contributed by atoms with van der Waals surface area (Å²) in [5.74, 6) is 0.322. The molecule has 28 heavy (non-hydrogen) atoms. The van der Waals surface area contributed by atoms with Crippen molar-refractivity contribution in [3.63, 3.8) is 0 Å². The number of hydrogen-bond donors (Lipinski definition) is 2. The van der Waals surface area contributed by atoms with Gasteiger partial charge in [-0.15, -0.1) is 11.3 Å². The van der Waals surface area contributed by atoms with Crippen molar-refractivity contribution in [2.24, 2.45) is 0 Å². The van der Waals surface area contributed by atoms with Crippen molar-refractivity contribution < 1.29 is 14.3 Å². The van der Waals surface area contributed by atoms with E-state index in [0.717, 1.165) is 22.5 Å². The molecule has 2 N–H and O–H groups in total. The molecule has 0 spiro atoms. The topological polar surface area (TPSA) is 80.3 Å². The number of carbonyl (C=O) groups is 2. The lowest BCUT2D eigenvalue weighted by Crippen LogP contribution is -2.31. The molecule has 142 valence electrons. The largest absolute Gasteiger partial charge is 0.480 e. The molecule has 2 heterocycles. The summed E-state index contributed by atoms with van der Waals surface area (Å²) in [6.07, 6.45) is -0.123. The summed E-state index contributed by atoms with van der Waals surface area (Å²) in [6.45, 7) is 1.46. The number of benzene rings is 2. The molecule has 0 radical (unpaired) electrons. The van der Waals surface area contributed by atoms with Gasteiger partial charge in [-0.1, -0.05) is 23.7 Å². The third-order valence-corrected chi connectivity index (χ3v) is 5.22. The average molecular weight is 414 g/mol. The Morgan fingerprint density at radius 2 is 1.96 bits per heavy atom. The van der Waals surface area contributed by atoms with Crippen LogP contribution in [0.1, 0.15) is 12.5 Å². The van der Waals surface area contributed by atoms with Gasteiger partial charge >= 0.3 is 0 Å². The maximum atomic E-state index is 12.5.